The number of hydrogen-bond donors (Lipinski definition) is 1. The molecule has 0 aliphatic rings. The number of carbonyl (C=O) groups excluding carboxylic acids is 2. The molecule has 5 nitrogen and oxygen atoms in total. The first kappa shape index (κ1) is 66.3. The van der Waals surface area contributed by atoms with E-state index in [-0.39, 0.29) is 35.9 Å². The van der Waals surface area contributed by atoms with Gasteiger partial charge in [-0.15, -0.1) is 0 Å². The van der Waals surface area contributed by atoms with Gasteiger partial charge in [-0.2, -0.15) is 0 Å². The van der Waals surface area contributed by atoms with Gasteiger partial charge >= 0.3 is 23.1 Å². The third kappa shape index (κ3) is 75.1. The fraction of sp³-hybridized carbons (Fsp3) is 0.963. The Hall–Kier alpha value is -0.334. The monoisotopic (exact) mass is 861 g/mol. The molecule has 0 amide bonds. The van der Waals surface area contributed by atoms with Crippen LogP contribution in [-0.2, 0) is 9.59 Å². The first-order chi connectivity index (χ1) is 29.0. The summed E-state index contributed by atoms with van der Waals surface area (Å²) in [6.45, 7) is 7.19. The number of carboxylic acid groups (broad SMARTS) is 2. The zero-order chi connectivity index (χ0) is 43.8. The second-order valence-electron chi connectivity index (χ2n) is 18.2. The maximum Gasteiger partial charge on any atom is 2.00 e. The minimum absolute atomic E-state index is 0. The summed E-state index contributed by atoms with van der Waals surface area (Å²) in [6.07, 6.45) is 61.9. The summed E-state index contributed by atoms with van der Waals surface area (Å²) in [5.41, 5.74) is 0. The average molecular weight is 862 g/mol. The maximum absolute atomic E-state index is 10.2. The average Bonchev–Trinajstić information content (AvgIpc) is 3.22. The van der Waals surface area contributed by atoms with E-state index in [4.69, 9.17) is 5.11 Å². The molecule has 0 heterocycles. The molecule has 0 aromatic heterocycles. The van der Waals surface area contributed by atoms with Crippen molar-refractivity contribution in [2.45, 2.75) is 329 Å². The van der Waals surface area contributed by atoms with Gasteiger partial charge in [0.1, 0.15) is 0 Å². The van der Waals surface area contributed by atoms with E-state index in [1.807, 2.05) is 0 Å². The van der Waals surface area contributed by atoms with E-state index >= 15 is 0 Å². The minimum Gasteiger partial charge on any atom is -0.550 e. The van der Waals surface area contributed by atoms with E-state index in [2.05, 4.69) is 20.8 Å². The van der Waals surface area contributed by atoms with Gasteiger partial charge < -0.3 is 24.9 Å². The van der Waals surface area contributed by atoms with E-state index in [0.29, 0.717) is 6.61 Å². The molecule has 1 N–H and O–H groups in total. The molecular formula is C54H108MgO5. The summed E-state index contributed by atoms with van der Waals surface area (Å²) < 4.78 is 0. The summed E-state index contributed by atoms with van der Waals surface area (Å²) in [6, 6.07) is 0. The Labute approximate surface area is 393 Å². The predicted molar refractivity (Wildman–Crippen MR) is 261 cm³/mol. The van der Waals surface area contributed by atoms with Crippen LogP contribution in [0.25, 0.3) is 0 Å². The first-order valence-corrected chi connectivity index (χ1v) is 27.0. The van der Waals surface area contributed by atoms with Gasteiger partial charge in [-0.3, -0.25) is 0 Å². The molecule has 0 bridgehead atoms. The van der Waals surface area contributed by atoms with Gasteiger partial charge in [-0.25, -0.2) is 0 Å². The van der Waals surface area contributed by atoms with Crippen LogP contribution >= 0.6 is 0 Å². The standard InChI is InChI=1S/2C18H36O2.C18H38O.Mg/c2*1-2-3-4-5-6-7-8-9-10-11-12-13-14-15-16-17-18(19)20;1-2-3-4-5-6-7-8-9-10-11-12-13-14-15-16-17-18-19;/h2*2-17H2,1H3,(H,19,20);19H,2-18H2,1H3;/q;;;+2/p-2. The molecule has 6 heteroatoms. The molecule has 0 aliphatic heterocycles. The molecule has 0 aromatic carbocycles. The number of aliphatic hydroxyl groups excluding tert-OH is 1. The molecule has 0 atom stereocenters. The maximum atomic E-state index is 10.2. The molecule has 0 saturated carbocycles. The van der Waals surface area contributed by atoms with E-state index in [9.17, 15) is 19.8 Å². The fourth-order valence-electron chi connectivity index (χ4n) is 7.94. The van der Waals surface area contributed by atoms with Gasteiger partial charge in [-0.1, -0.05) is 297 Å². The van der Waals surface area contributed by atoms with Gasteiger partial charge in [0.05, 0.1) is 0 Å². The quantitative estimate of drug-likeness (QED) is 0.0485. The second-order valence-corrected chi connectivity index (χ2v) is 18.2. The largest absolute Gasteiger partial charge is 2.00 e. The van der Waals surface area contributed by atoms with E-state index in [0.717, 1.165) is 32.1 Å². The van der Waals surface area contributed by atoms with Crippen molar-refractivity contribution in [2.75, 3.05) is 6.61 Å². The van der Waals surface area contributed by atoms with Crippen LogP contribution in [0.15, 0.2) is 0 Å². The van der Waals surface area contributed by atoms with Gasteiger partial charge in [-0.05, 0) is 32.1 Å². The van der Waals surface area contributed by atoms with Crippen LogP contribution in [0.3, 0.4) is 0 Å². The molecule has 0 fully saturated rings. The topological polar surface area (TPSA) is 100 Å². The van der Waals surface area contributed by atoms with Crippen molar-refractivity contribution < 1.29 is 24.9 Å². The Morgan fingerprint density at radius 1 is 0.267 bits per heavy atom. The Balaban J connectivity index is -0.000000389. The first-order valence-electron chi connectivity index (χ1n) is 27.0. The van der Waals surface area contributed by atoms with Crippen molar-refractivity contribution in [1.29, 1.82) is 0 Å². The third-order valence-corrected chi connectivity index (χ3v) is 12.0. The van der Waals surface area contributed by atoms with Crippen molar-refractivity contribution in [3.05, 3.63) is 0 Å². The molecule has 0 rings (SSSR count). The SMILES string of the molecule is CCCCCCCCCCCCCCCCCC(=O)[O-].CCCCCCCCCCCCCCCCCC(=O)[O-].CCCCCCCCCCCCCCCCCCO.[Mg+2]. The number of hydrogen-bond acceptors (Lipinski definition) is 5. The van der Waals surface area contributed by atoms with Crippen LogP contribution in [0, 0.1) is 0 Å². The fourth-order valence-corrected chi connectivity index (χ4v) is 7.94. The van der Waals surface area contributed by atoms with Gasteiger partial charge in [0.15, 0.2) is 0 Å². The van der Waals surface area contributed by atoms with Crippen molar-refractivity contribution >= 4 is 35.0 Å². The third-order valence-electron chi connectivity index (χ3n) is 12.0. The van der Waals surface area contributed by atoms with Gasteiger partial charge in [0.25, 0.3) is 0 Å². The van der Waals surface area contributed by atoms with Crippen LogP contribution in [0.5, 0.6) is 0 Å². The molecule has 356 valence electrons. The normalized spacial score (nSPS) is 10.7. The van der Waals surface area contributed by atoms with Crippen LogP contribution in [0.2, 0.25) is 0 Å². The van der Waals surface area contributed by atoms with Crippen LogP contribution in [0.1, 0.15) is 329 Å². The number of rotatable bonds is 48. The molecule has 0 aromatic rings. The zero-order valence-electron chi connectivity index (χ0n) is 41.4. The number of carbonyl (C=O) groups is 2. The number of aliphatic carboxylic acids is 2. The summed E-state index contributed by atoms with van der Waals surface area (Å²) in [4.78, 5) is 20.4. The van der Waals surface area contributed by atoms with Crippen molar-refractivity contribution in [3.8, 4) is 0 Å². The van der Waals surface area contributed by atoms with Gasteiger partial charge in [0.2, 0.25) is 0 Å². The predicted octanol–water partition coefficient (Wildman–Crippen LogP) is 15.9. The molecule has 0 radical (unpaired) electrons. The molecule has 0 aliphatic carbocycles. The Morgan fingerprint density at radius 3 is 0.533 bits per heavy atom. The summed E-state index contributed by atoms with van der Waals surface area (Å²) in [5, 5.41) is 29.1. The van der Waals surface area contributed by atoms with Crippen LogP contribution in [0.4, 0.5) is 0 Å². The van der Waals surface area contributed by atoms with Crippen LogP contribution in [-0.4, -0.2) is 46.7 Å². The van der Waals surface area contributed by atoms with E-state index < -0.39 is 11.9 Å². The zero-order valence-corrected chi connectivity index (χ0v) is 42.8. The summed E-state index contributed by atoms with van der Waals surface area (Å²) >= 11 is 0. The van der Waals surface area contributed by atoms with Crippen LogP contribution < -0.4 is 10.2 Å². The molecular weight excluding hydrogens is 753 g/mol. The Kier molecular flexibility index (Phi) is 72.1. The number of aliphatic hydroxyl groups is 1. The van der Waals surface area contributed by atoms with Gasteiger partial charge in [0, 0.05) is 18.5 Å². The van der Waals surface area contributed by atoms with Crippen molar-refractivity contribution in [1.82, 2.24) is 0 Å². The molecule has 0 spiro atoms. The molecule has 0 unspecified atom stereocenters. The molecule has 0 saturated heterocycles. The minimum atomic E-state index is -0.903. The summed E-state index contributed by atoms with van der Waals surface area (Å²) in [5.74, 6) is -1.81. The number of carboxylic acids is 2. The summed E-state index contributed by atoms with van der Waals surface area (Å²) in [7, 11) is 0. The second kappa shape index (κ2) is 65.3. The Bertz CT molecular complexity index is 688. The molecule has 60 heavy (non-hydrogen) atoms. The van der Waals surface area contributed by atoms with E-state index in [1.54, 1.807) is 0 Å². The van der Waals surface area contributed by atoms with Crippen molar-refractivity contribution in [3.63, 3.8) is 0 Å². The van der Waals surface area contributed by atoms with Crippen molar-refractivity contribution in [2.24, 2.45) is 0 Å². The Morgan fingerprint density at radius 2 is 0.400 bits per heavy atom. The van der Waals surface area contributed by atoms with E-state index in [1.165, 1.54) is 263 Å². The smallest absolute Gasteiger partial charge is 0.550 e. The number of unbranched alkanes of at least 4 members (excludes halogenated alkanes) is 43.